The van der Waals surface area contributed by atoms with Gasteiger partial charge < -0.3 is 14.8 Å². The first-order valence-electron chi connectivity index (χ1n) is 12.3. The van der Waals surface area contributed by atoms with Crippen molar-refractivity contribution in [3.05, 3.63) is 87.2 Å². The number of nitrogens with zero attached hydrogens (tertiary/aromatic N) is 2. The monoisotopic (exact) mass is 551 g/mol. The third kappa shape index (κ3) is 6.14. The van der Waals surface area contributed by atoms with E-state index in [4.69, 9.17) is 26.1 Å². The van der Waals surface area contributed by atoms with Crippen molar-refractivity contribution in [3.8, 4) is 11.5 Å². The number of methoxy groups -OCH3 is 2. The van der Waals surface area contributed by atoms with Crippen LogP contribution in [0.2, 0.25) is 5.02 Å². The summed E-state index contributed by atoms with van der Waals surface area (Å²) in [5.74, 6) is 0.761. The molecular weight excluding hydrogens is 522 g/mol. The zero-order valence-corrected chi connectivity index (χ0v) is 23.4. The Morgan fingerprint density at radius 2 is 1.63 bits per heavy atom. The van der Waals surface area contributed by atoms with E-state index in [-0.39, 0.29) is 18.0 Å². The van der Waals surface area contributed by atoms with Crippen molar-refractivity contribution < 1.29 is 14.3 Å². The molecule has 0 bridgehead atoms. The maximum atomic E-state index is 13.8. The fourth-order valence-corrected chi connectivity index (χ4v) is 5.16. The normalized spacial score (nSPS) is 11.8. The van der Waals surface area contributed by atoms with Crippen LogP contribution in [0.3, 0.4) is 0 Å². The highest BCUT2D eigenvalue weighted by molar-refractivity contribution is 8.00. The van der Waals surface area contributed by atoms with Crippen LogP contribution < -0.4 is 20.3 Å². The molecule has 1 aromatic heterocycles. The molecule has 0 saturated carbocycles. The lowest BCUT2D eigenvalue weighted by atomic mass is 10.1. The molecule has 9 heteroatoms. The van der Waals surface area contributed by atoms with Gasteiger partial charge in [0.25, 0.3) is 5.56 Å². The largest absolute Gasteiger partial charge is 0.493 e. The number of anilines is 1. The van der Waals surface area contributed by atoms with Gasteiger partial charge in [-0.15, -0.1) is 0 Å². The predicted octanol–water partition coefficient (Wildman–Crippen LogP) is 6.19. The lowest BCUT2D eigenvalue weighted by Gasteiger charge is -2.19. The van der Waals surface area contributed by atoms with Gasteiger partial charge in [0.15, 0.2) is 16.7 Å². The van der Waals surface area contributed by atoms with Gasteiger partial charge in [-0.25, -0.2) is 4.98 Å². The molecule has 1 heterocycles. The number of benzene rings is 3. The van der Waals surface area contributed by atoms with Crippen molar-refractivity contribution in [1.29, 1.82) is 0 Å². The summed E-state index contributed by atoms with van der Waals surface area (Å²) in [5.41, 5.74) is 3.04. The van der Waals surface area contributed by atoms with E-state index in [1.54, 1.807) is 28.8 Å². The van der Waals surface area contributed by atoms with E-state index < -0.39 is 5.25 Å². The van der Waals surface area contributed by atoms with E-state index in [9.17, 15) is 9.59 Å². The molecule has 0 aliphatic rings. The first-order chi connectivity index (χ1) is 18.4. The molecule has 1 N–H and O–H groups in total. The fourth-order valence-electron chi connectivity index (χ4n) is 4.03. The minimum Gasteiger partial charge on any atom is -0.493 e. The van der Waals surface area contributed by atoms with Crippen molar-refractivity contribution in [2.24, 2.45) is 0 Å². The number of aromatic nitrogens is 2. The Morgan fingerprint density at radius 1 is 1.00 bits per heavy atom. The molecule has 1 unspecified atom stereocenters. The number of hydrogen-bond acceptors (Lipinski definition) is 6. The van der Waals surface area contributed by atoms with Gasteiger partial charge in [0.1, 0.15) is 0 Å². The van der Waals surface area contributed by atoms with E-state index >= 15 is 0 Å². The van der Waals surface area contributed by atoms with Gasteiger partial charge in [0, 0.05) is 16.8 Å². The SMILES string of the molecule is CCc1ccc(NC(=O)C(CC)Sc2nc3cc(OC)c(OC)cc3c(=O)n2Cc2ccc(Cl)cc2)cc1. The number of carbonyl (C=O) groups is 1. The summed E-state index contributed by atoms with van der Waals surface area (Å²) in [6, 6.07) is 18.4. The molecule has 198 valence electrons. The fraction of sp³-hybridized carbons (Fsp3) is 0.276. The van der Waals surface area contributed by atoms with Crippen molar-refractivity contribution >= 4 is 45.9 Å². The molecule has 0 spiro atoms. The van der Waals surface area contributed by atoms with Gasteiger partial charge in [-0.2, -0.15) is 0 Å². The number of halogens is 1. The number of aryl methyl sites for hydroxylation is 1. The molecular formula is C29H30ClN3O4S. The van der Waals surface area contributed by atoms with Crippen LogP contribution in [-0.4, -0.2) is 34.9 Å². The zero-order valence-electron chi connectivity index (χ0n) is 21.8. The topological polar surface area (TPSA) is 82.5 Å². The van der Waals surface area contributed by atoms with Crippen LogP contribution in [0.25, 0.3) is 10.9 Å². The van der Waals surface area contributed by atoms with Crippen LogP contribution in [0.15, 0.2) is 70.6 Å². The third-order valence-corrected chi connectivity index (χ3v) is 7.83. The van der Waals surface area contributed by atoms with Crippen LogP contribution in [-0.2, 0) is 17.8 Å². The lowest BCUT2D eigenvalue weighted by molar-refractivity contribution is -0.115. The Kier molecular flexibility index (Phi) is 8.97. The second kappa shape index (κ2) is 12.4. The standard InChI is InChI=1S/C29H30ClN3O4S/c1-5-18-9-13-21(14-10-18)31-27(34)26(6-2)38-29-32-23-16-25(37-4)24(36-3)15-22(23)28(35)33(29)17-19-7-11-20(30)12-8-19/h7-16,26H,5-6,17H2,1-4H3,(H,31,34). The van der Waals surface area contributed by atoms with Crippen LogP contribution >= 0.6 is 23.4 Å². The van der Waals surface area contributed by atoms with Crippen LogP contribution in [0, 0.1) is 0 Å². The Bertz CT molecular complexity index is 1490. The van der Waals surface area contributed by atoms with Gasteiger partial charge in [-0.1, -0.05) is 61.5 Å². The second-order valence-electron chi connectivity index (χ2n) is 8.69. The van der Waals surface area contributed by atoms with Crippen molar-refractivity contribution in [1.82, 2.24) is 9.55 Å². The van der Waals surface area contributed by atoms with Crippen molar-refractivity contribution in [3.63, 3.8) is 0 Å². The minimum absolute atomic E-state index is 0.151. The molecule has 1 atom stereocenters. The van der Waals surface area contributed by atoms with E-state index in [1.807, 2.05) is 43.3 Å². The summed E-state index contributed by atoms with van der Waals surface area (Å²) in [7, 11) is 3.05. The summed E-state index contributed by atoms with van der Waals surface area (Å²) in [6.07, 6.45) is 1.47. The average Bonchev–Trinajstić information content (AvgIpc) is 2.94. The molecule has 0 aliphatic carbocycles. The summed E-state index contributed by atoms with van der Waals surface area (Å²) in [6.45, 7) is 4.29. The predicted molar refractivity (Wildman–Crippen MR) is 154 cm³/mol. The molecule has 0 radical (unpaired) electrons. The molecule has 0 fully saturated rings. The Morgan fingerprint density at radius 3 is 2.24 bits per heavy atom. The number of rotatable bonds is 10. The van der Waals surface area contributed by atoms with Gasteiger partial charge >= 0.3 is 0 Å². The van der Waals surface area contributed by atoms with Gasteiger partial charge in [-0.3, -0.25) is 14.2 Å². The van der Waals surface area contributed by atoms with E-state index in [0.717, 1.165) is 17.7 Å². The van der Waals surface area contributed by atoms with Crippen LogP contribution in [0.4, 0.5) is 5.69 Å². The Labute approximate surface area is 231 Å². The molecule has 3 aromatic carbocycles. The maximum absolute atomic E-state index is 13.8. The number of fused-ring (bicyclic) bond motifs is 1. The van der Waals surface area contributed by atoms with Crippen LogP contribution in [0.1, 0.15) is 31.4 Å². The number of carbonyl (C=O) groups excluding carboxylic acids is 1. The molecule has 38 heavy (non-hydrogen) atoms. The summed E-state index contributed by atoms with van der Waals surface area (Å²) in [4.78, 5) is 31.8. The minimum atomic E-state index is -0.471. The van der Waals surface area contributed by atoms with E-state index in [1.165, 1.54) is 31.5 Å². The quantitative estimate of drug-likeness (QED) is 0.187. The third-order valence-electron chi connectivity index (χ3n) is 6.22. The number of amides is 1. The smallest absolute Gasteiger partial charge is 0.262 e. The maximum Gasteiger partial charge on any atom is 0.262 e. The lowest BCUT2D eigenvalue weighted by Crippen LogP contribution is -2.28. The van der Waals surface area contributed by atoms with Gasteiger partial charge in [0.2, 0.25) is 5.91 Å². The first kappa shape index (κ1) is 27.5. The first-order valence-corrected chi connectivity index (χ1v) is 13.6. The van der Waals surface area contributed by atoms with Crippen LogP contribution in [0.5, 0.6) is 11.5 Å². The van der Waals surface area contributed by atoms with Crippen molar-refractivity contribution in [2.45, 2.75) is 43.6 Å². The molecule has 1 amide bonds. The summed E-state index contributed by atoms with van der Waals surface area (Å²) < 4.78 is 12.4. The van der Waals surface area contributed by atoms with Gasteiger partial charge in [-0.05, 0) is 54.3 Å². The number of hydrogen-bond donors (Lipinski definition) is 1. The van der Waals surface area contributed by atoms with E-state index in [2.05, 4.69) is 12.2 Å². The summed E-state index contributed by atoms with van der Waals surface area (Å²) >= 11 is 7.33. The molecule has 0 saturated heterocycles. The highest BCUT2D eigenvalue weighted by Crippen LogP contribution is 2.32. The number of nitrogens with one attached hydrogen (secondary N) is 1. The molecule has 4 aromatic rings. The molecule has 7 nitrogen and oxygen atoms in total. The zero-order chi connectivity index (χ0) is 27.2. The number of ether oxygens (including phenoxy) is 2. The Balaban J connectivity index is 1.74. The second-order valence-corrected chi connectivity index (χ2v) is 10.3. The average molecular weight is 552 g/mol. The molecule has 4 rings (SSSR count). The summed E-state index contributed by atoms with van der Waals surface area (Å²) in [5, 5.41) is 3.97. The molecule has 0 aliphatic heterocycles. The van der Waals surface area contributed by atoms with Gasteiger partial charge in [0.05, 0.1) is 36.9 Å². The van der Waals surface area contributed by atoms with Crippen molar-refractivity contribution in [2.75, 3.05) is 19.5 Å². The Hall–Kier alpha value is -3.49. The highest BCUT2D eigenvalue weighted by Gasteiger charge is 2.23. The number of thioether (sulfide) groups is 1. The van der Waals surface area contributed by atoms with E-state index in [0.29, 0.717) is 39.0 Å². The highest BCUT2D eigenvalue weighted by atomic mass is 35.5.